The van der Waals surface area contributed by atoms with Gasteiger partial charge in [0.25, 0.3) is 0 Å². The molecule has 98 valence electrons. The Morgan fingerprint density at radius 2 is 2.06 bits per heavy atom. The standard InChI is InChI=1S/C12H14O6/c1-4-18-11-7(12(15)17-3)5-9(14)8(6-13)10(11)16-2/h5-6,14H,4H2,1-3H3. The van der Waals surface area contributed by atoms with Gasteiger partial charge in [0.2, 0.25) is 0 Å². The van der Waals surface area contributed by atoms with Gasteiger partial charge in [0.1, 0.15) is 16.9 Å². The molecule has 0 aliphatic carbocycles. The lowest BCUT2D eigenvalue weighted by molar-refractivity contribution is 0.0594. The lowest BCUT2D eigenvalue weighted by Crippen LogP contribution is -2.08. The van der Waals surface area contributed by atoms with Crippen LogP contribution in [-0.4, -0.2) is 38.2 Å². The second kappa shape index (κ2) is 5.90. The summed E-state index contributed by atoms with van der Waals surface area (Å²) in [4.78, 5) is 22.5. The molecule has 0 fully saturated rings. The van der Waals surface area contributed by atoms with Crippen LogP contribution in [0.5, 0.6) is 17.2 Å². The van der Waals surface area contributed by atoms with Crippen molar-refractivity contribution in [3.8, 4) is 17.2 Å². The monoisotopic (exact) mass is 254 g/mol. The van der Waals surface area contributed by atoms with E-state index in [0.29, 0.717) is 6.29 Å². The summed E-state index contributed by atoms with van der Waals surface area (Å²) in [6.07, 6.45) is 0.428. The number of carbonyl (C=O) groups excluding carboxylic acids is 2. The molecule has 0 aliphatic heterocycles. The van der Waals surface area contributed by atoms with Crippen molar-refractivity contribution in [2.75, 3.05) is 20.8 Å². The Hall–Kier alpha value is -2.24. The molecule has 0 spiro atoms. The normalized spacial score (nSPS) is 9.72. The number of esters is 1. The fourth-order valence-electron chi connectivity index (χ4n) is 1.51. The van der Waals surface area contributed by atoms with E-state index in [1.807, 2.05) is 0 Å². The molecule has 0 amide bonds. The Bertz CT molecular complexity index is 466. The summed E-state index contributed by atoms with van der Waals surface area (Å²) < 4.78 is 14.9. The van der Waals surface area contributed by atoms with Gasteiger partial charge in [0.05, 0.1) is 20.8 Å². The summed E-state index contributed by atoms with van der Waals surface area (Å²) in [6, 6.07) is 1.11. The molecule has 0 unspecified atom stereocenters. The van der Waals surface area contributed by atoms with Crippen molar-refractivity contribution in [1.82, 2.24) is 0 Å². The van der Waals surface area contributed by atoms with Crippen molar-refractivity contribution in [1.29, 1.82) is 0 Å². The first kappa shape index (κ1) is 13.8. The van der Waals surface area contributed by atoms with Crippen LogP contribution in [0.2, 0.25) is 0 Å². The Balaban J connectivity index is 3.56. The predicted octanol–water partition coefficient (Wildman–Crippen LogP) is 1.40. The fraction of sp³-hybridized carbons (Fsp3) is 0.333. The Kier molecular flexibility index (Phi) is 4.53. The summed E-state index contributed by atoms with van der Waals surface area (Å²) in [6.45, 7) is 1.98. The summed E-state index contributed by atoms with van der Waals surface area (Å²) in [7, 11) is 2.51. The third kappa shape index (κ3) is 2.37. The summed E-state index contributed by atoms with van der Waals surface area (Å²) >= 11 is 0. The number of methoxy groups -OCH3 is 2. The van der Waals surface area contributed by atoms with Crippen LogP contribution in [0, 0.1) is 0 Å². The zero-order chi connectivity index (χ0) is 13.7. The van der Waals surface area contributed by atoms with Crippen molar-refractivity contribution in [2.45, 2.75) is 6.92 Å². The summed E-state index contributed by atoms with van der Waals surface area (Å²) in [5.41, 5.74) is -0.0760. The highest BCUT2D eigenvalue weighted by Crippen LogP contribution is 2.39. The first-order valence-corrected chi connectivity index (χ1v) is 5.20. The highest BCUT2D eigenvalue weighted by atomic mass is 16.5. The van der Waals surface area contributed by atoms with E-state index < -0.39 is 5.97 Å². The van der Waals surface area contributed by atoms with Crippen LogP contribution in [0.1, 0.15) is 27.6 Å². The maximum absolute atomic E-state index is 11.6. The van der Waals surface area contributed by atoms with Crippen LogP contribution in [0.4, 0.5) is 0 Å². The maximum atomic E-state index is 11.6. The molecule has 0 radical (unpaired) electrons. The largest absolute Gasteiger partial charge is 0.507 e. The van der Waals surface area contributed by atoms with Gasteiger partial charge in [-0.25, -0.2) is 4.79 Å². The highest BCUT2D eigenvalue weighted by molar-refractivity contribution is 5.97. The number of aldehydes is 1. The molecule has 0 heterocycles. The van der Waals surface area contributed by atoms with Gasteiger partial charge in [-0.1, -0.05) is 0 Å². The molecule has 0 aromatic heterocycles. The van der Waals surface area contributed by atoms with Crippen molar-refractivity contribution in [2.24, 2.45) is 0 Å². The van der Waals surface area contributed by atoms with E-state index in [0.717, 1.165) is 6.07 Å². The van der Waals surface area contributed by atoms with Crippen molar-refractivity contribution in [3.63, 3.8) is 0 Å². The molecule has 0 atom stereocenters. The molecule has 0 saturated heterocycles. The van der Waals surface area contributed by atoms with Crippen molar-refractivity contribution in [3.05, 3.63) is 17.2 Å². The maximum Gasteiger partial charge on any atom is 0.341 e. The quantitative estimate of drug-likeness (QED) is 0.631. The van der Waals surface area contributed by atoms with E-state index in [-0.39, 0.29) is 35.0 Å². The minimum atomic E-state index is -0.690. The highest BCUT2D eigenvalue weighted by Gasteiger charge is 2.24. The Morgan fingerprint density at radius 3 is 2.50 bits per heavy atom. The lowest BCUT2D eigenvalue weighted by atomic mass is 10.1. The zero-order valence-electron chi connectivity index (χ0n) is 10.4. The van der Waals surface area contributed by atoms with E-state index in [4.69, 9.17) is 9.47 Å². The van der Waals surface area contributed by atoms with Gasteiger partial charge in [0.15, 0.2) is 17.8 Å². The van der Waals surface area contributed by atoms with Crippen molar-refractivity contribution < 1.29 is 28.9 Å². The molecule has 6 nitrogen and oxygen atoms in total. The summed E-state index contributed by atoms with van der Waals surface area (Å²) in [5, 5.41) is 9.67. The van der Waals surface area contributed by atoms with Gasteiger partial charge in [0, 0.05) is 0 Å². The van der Waals surface area contributed by atoms with Gasteiger partial charge in [-0.15, -0.1) is 0 Å². The van der Waals surface area contributed by atoms with E-state index in [1.54, 1.807) is 6.92 Å². The predicted molar refractivity (Wildman–Crippen MR) is 62.6 cm³/mol. The molecule has 1 N–H and O–H groups in total. The van der Waals surface area contributed by atoms with Crippen LogP contribution in [0.3, 0.4) is 0 Å². The second-order valence-corrected chi connectivity index (χ2v) is 3.26. The molecule has 0 bridgehead atoms. The number of hydrogen-bond acceptors (Lipinski definition) is 6. The van der Waals surface area contributed by atoms with Crippen molar-refractivity contribution >= 4 is 12.3 Å². The molecule has 1 rings (SSSR count). The van der Waals surface area contributed by atoms with E-state index in [9.17, 15) is 14.7 Å². The third-order valence-corrected chi connectivity index (χ3v) is 2.27. The molecule has 6 heteroatoms. The lowest BCUT2D eigenvalue weighted by Gasteiger charge is -2.15. The van der Waals surface area contributed by atoms with Gasteiger partial charge in [-0.3, -0.25) is 4.79 Å². The van der Waals surface area contributed by atoms with Crippen LogP contribution < -0.4 is 9.47 Å². The topological polar surface area (TPSA) is 82.1 Å². The fourth-order valence-corrected chi connectivity index (χ4v) is 1.51. The number of rotatable bonds is 5. The van der Waals surface area contributed by atoms with Crippen LogP contribution in [0.15, 0.2) is 6.07 Å². The molecular formula is C12H14O6. The van der Waals surface area contributed by atoms with Crippen LogP contribution in [-0.2, 0) is 4.74 Å². The van der Waals surface area contributed by atoms with Gasteiger partial charge < -0.3 is 19.3 Å². The molecule has 0 aliphatic rings. The Morgan fingerprint density at radius 1 is 1.39 bits per heavy atom. The molecule has 1 aromatic rings. The number of carbonyl (C=O) groups is 2. The number of hydrogen-bond donors (Lipinski definition) is 1. The number of benzene rings is 1. The molecule has 0 saturated carbocycles. The molecular weight excluding hydrogens is 240 g/mol. The number of ether oxygens (including phenoxy) is 3. The second-order valence-electron chi connectivity index (χ2n) is 3.26. The Labute approximate surface area is 104 Å². The van der Waals surface area contributed by atoms with E-state index in [1.165, 1.54) is 14.2 Å². The molecule has 18 heavy (non-hydrogen) atoms. The third-order valence-electron chi connectivity index (χ3n) is 2.27. The zero-order valence-corrected chi connectivity index (χ0v) is 10.4. The minimum absolute atomic E-state index is 0.000648. The summed E-state index contributed by atoms with van der Waals surface area (Å²) in [5.74, 6) is -0.978. The van der Waals surface area contributed by atoms with Gasteiger partial charge in [-0.05, 0) is 13.0 Å². The minimum Gasteiger partial charge on any atom is -0.507 e. The van der Waals surface area contributed by atoms with Gasteiger partial charge >= 0.3 is 5.97 Å². The number of phenols is 1. The first-order chi connectivity index (χ1) is 8.60. The number of aromatic hydroxyl groups is 1. The molecule has 1 aromatic carbocycles. The number of phenolic OH excluding ortho intramolecular Hbond substituents is 1. The SMILES string of the molecule is CCOc1c(C(=O)OC)cc(O)c(C=O)c1OC. The van der Waals surface area contributed by atoms with E-state index in [2.05, 4.69) is 4.74 Å². The van der Waals surface area contributed by atoms with Crippen LogP contribution >= 0.6 is 0 Å². The average molecular weight is 254 g/mol. The first-order valence-electron chi connectivity index (χ1n) is 5.20. The van der Waals surface area contributed by atoms with Crippen LogP contribution in [0.25, 0.3) is 0 Å². The van der Waals surface area contributed by atoms with E-state index >= 15 is 0 Å². The average Bonchev–Trinajstić information content (AvgIpc) is 2.38. The van der Waals surface area contributed by atoms with Gasteiger partial charge in [-0.2, -0.15) is 0 Å². The smallest absolute Gasteiger partial charge is 0.341 e.